The first-order valence-corrected chi connectivity index (χ1v) is 19.9. The van der Waals surface area contributed by atoms with Crippen molar-refractivity contribution in [2.45, 2.75) is 0 Å². The van der Waals surface area contributed by atoms with Crippen LogP contribution in [0, 0.1) is 11.3 Å². The van der Waals surface area contributed by atoms with Crippen LogP contribution >= 0.6 is 0 Å². The molecule has 58 heavy (non-hydrogen) atoms. The maximum absolute atomic E-state index is 9.51. The first-order valence-electron chi connectivity index (χ1n) is 19.9. The van der Waals surface area contributed by atoms with Gasteiger partial charge in [-0.1, -0.05) is 170 Å². The number of benzene rings is 12. The predicted octanol–water partition coefficient (Wildman–Crippen LogP) is 15.7. The molecule has 0 aromatic heterocycles. The van der Waals surface area contributed by atoms with Gasteiger partial charge in [-0.25, -0.2) is 0 Å². The third-order valence-corrected chi connectivity index (χ3v) is 12.4. The zero-order valence-electron chi connectivity index (χ0n) is 31.5. The Balaban J connectivity index is 0.949. The Morgan fingerprint density at radius 1 is 0.259 bits per heavy atom. The second-order valence-electron chi connectivity index (χ2n) is 15.6. The Hall–Kier alpha value is -7.79. The van der Waals surface area contributed by atoms with Gasteiger partial charge in [-0.15, -0.1) is 0 Å². The van der Waals surface area contributed by atoms with E-state index in [0.29, 0.717) is 5.56 Å². The average molecular weight is 732 g/mol. The van der Waals surface area contributed by atoms with Crippen LogP contribution in [0.4, 0.5) is 0 Å². The van der Waals surface area contributed by atoms with Crippen molar-refractivity contribution in [3.63, 3.8) is 0 Å². The SMILES string of the molecule is N#Cc1ccc(-c2cc(-c3ccc(-c4ccc5ccc6cccc7ccc4c5c67)cc3)cc(-c3ccc(-c4ccc5ccc6cccc7ccc4c5c67)cc3)c2)cc1. The molecule has 0 fully saturated rings. The first-order chi connectivity index (χ1) is 28.7. The molecule has 0 spiro atoms. The van der Waals surface area contributed by atoms with Gasteiger partial charge in [0.2, 0.25) is 0 Å². The van der Waals surface area contributed by atoms with Crippen LogP contribution in [0.25, 0.3) is 120 Å². The average Bonchev–Trinajstić information content (AvgIpc) is 3.30. The summed E-state index contributed by atoms with van der Waals surface area (Å²) in [6.45, 7) is 0. The van der Waals surface area contributed by atoms with Crippen molar-refractivity contribution in [3.8, 4) is 61.7 Å². The molecule has 0 amide bonds. The Morgan fingerprint density at radius 3 is 0.948 bits per heavy atom. The van der Waals surface area contributed by atoms with E-state index in [1.54, 1.807) is 0 Å². The van der Waals surface area contributed by atoms with Crippen molar-refractivity contribution in [3.05, 3.63) is 206 Å². The second-order valence-corrected chi connectivity index (χ2v) is 15.6. The molecular formula is C57H33N. The molecule has 12 aromatic rings. The van der Waals surface area contributed by atoms with Crippen molar-refractivity contribution in [1.29, 1.82) is 5.26 Å². The molecule has 0 N–H and O–H groups in total. The van der Waals surface area contributed by atoms with Gasteiger partial charge < -0.3 is 0 Å². The number of nitrogens with zero attached hydrogens (tertiary/aromatic N) is 1. The summed E-state index contributed by atoms with van der Waals surface area (Å²) in [5.74, 6) is 0. The largest absolute Gasteiger partial charge is 0.192 e. The first kappa shape index (κ1) is 32.5. The van der Waals surface area contributed by atoms with Gasteiger partial charge in [-0.3, -0.25) is 0 Å². The lowest BCUT2D eigenvalue weighted by Gasteiger charge is -2.15. The topological polar surface area (TPSA) is 23.8 Å². The van der Waals surface area contributed by atoms with E-state index >= 15 is 0 Å². The summed E-state index contributed by atoms with van der Waals surface area (Å²) in [7, 11) is 0. The van der Waals surface area contributed by atoms with E-state index in [0.717, 1.165) is 33.4 Å². The maximum atomic E-state index is 9.51. The third kappa shape index (κ3) is 5.03. The molecule has 1 nitrogen and oxygen atoms in total. The lowest BCUT2D eigenvalue weighted by molar-refractivity contribution is 1.48. The maximum Gasteiger partial charge on any atom is 0.0991 e. The molecule has 1 heteroatoms. The van der Waals surface area contributed by atoms with Crippen LogP contribution in [-0.2, 0) is 0 Å². The standard InChI is InChI=1S/C57H33N/c58-34-35-7-9-36(10-8-35)47-31-48(37-11-15-39(16-12-37)50-27-23-45-21-19-41-3-1-5-43-25-29-52(50)56(45)54(41)43)33-49(32-47)38-13-17-40(18-14-38)51-28-24-46-22-20-42-4-2-6-44-26-30-53(51)57(46)55(42)44/h1-33H. The minimum absolute atomic E-state index is 0.657. The van der Waals surface area contributed by atoms with Crippen molar-refractivity contribution in [2.24, 2.45) is 0 Å². The summed E-state index contributed by atoms with van der Waals surface area (Å²) in [6.07, 6.45) is 0. The molecule has 0 aliphatic heterocycles. The van der Waals surface area contributed by atoms with E-state index in [1.807, 2.05) is 12.1 Å². The highest BCUT2D eigenvalue weighted by Crippen LogP contribution is 2.42. The number of rotatable bonds is 5. The van der Waals surface area contributed by atoms with Crippen LogP contribution in [0.5, 0.6) is 0 Å². The van der Waals surface area contributed by atoms with Gasteiger partial charge in [0, 0.05) is 0 Å². The normalized spacial score (nSPS) is 11.8. The minimum atomic E-state index is 0.657. The van der Waals surface area contributed by atoms with Crippen molar-refractivity contribution >= 4 is 64.6 Å². The molecular weight excluding hydrogens is 699 g/mol. The van der Waals surface area contributed by atoms with Crippen LogP contribution in [0.2, 0.25) is 0 Å². The van der Waals surface area contributed by atoms with Crippen molar-refractivity contribution < 1.29 is 0 Å². The van der Waals surface area contributed by atoms with E-state index in [4.69, 9.17) is 0 Å². The molecule has 12 rings (SSSR count). The summed E-state index contributed by atoms with van der Waals surface area (Å²) in [6, 6.07) is 75.4. The van der Waals surface area contributed by atoms with Gasteiger partial charge in [0.25, 0.3) is 0 Å². The molecule has 0 saturated carbocycles. The second kappa shape index (κ2) is 12.6. The fourth-order valence-electron chi connectivity index (χ4n) is 9.52. The monoisotopic (exact) mass is 731 g/mol. The lowest BCUT2D eigenvalue weighted by Crippen LogP contribution is -1.89. The molecule has 0 bridgehead atoms. The molecule has 0 aliphatic carbocycles. The number of hydrogen-bond donors (Lipinski definition) is 0. The Labute approximate surface area is 336 Å². The molecule has 0 radical (unpaired) electrons. The van der Waals surface area contributed by atoms with Crippen LogP contribution in [0.3, 0.4) is 0 Å². The fourth-order valence-corrected chi connectivity index (χ4v) is 9.52. The molecule has 266 valence electrons. The van der Waals surface area contributed by atoms with Crippen molar-refractivity contribution in [1.82, 2.24) is 0 Å². The smallest absolute Gasteiger partial charge is 0.0991 e. The Bertz CT molecular complexity index is 3340. The fraction of sp³-hybridized carbons (Fsp3) is 0. The van der Waals surface area contributed by atoms with Crippen LogP contribution < -0.4 is 0 Å². The summed E-state index contributed by atoms with van der Waals surface area (Å²) < 4.78 is 0. The summed E-state index contributed by atoms with van der Waals surface area (Å²) in [4.78, 5) is 0. The van der Waals surface area contributed by atoms with Crippen molar-refractivity contribution in [2.75, 3.05) is 0 Å². The number of hydrogen-bond acceptors (Lipinski definition) is 1. The van der Waals surface area contributed by atoms with Gasteiger partial charge in [-0.2, -0.15) is 5.26 Å². The highest BCUT2D eigenvalue weighted by Gasteiger charge is 2.15. The van der Waals surface area contributed by atoms with Gasteiger partial charge in [0.1, 0.15) is 0 Å². The molecule has 0 heterocycles. The molecule has 0 saturated heterocycles. The Kier molecular flexibility index (Phi) is 7.06. The zero-order chi connectivity index (χ0) is 38.3. The van der Waals surface area contributed by atoms with Gasteiger partial charge >= 0.3 is 0 Å². The van der Waals surface area contributed by atoms with Gasteiger partial charge in [0.15, 0.2) is 0 Å². The summed E-state index contributed by atoms with van der Waals surface area (Å²) in [5.41, 5.74) is 12.4. The minimum Gasteiger partial charge on any atom is -0.192 e. The van der Waals surface area contributed by atoms with E-state index in [9.17, 15) is 5.26 Å². The lowest BCUT2D eigenvalue weighted by atomic mass is 9.88. The summed E-state index contributed by atoms with van der Waals surface area (Å²) in [5, 5.41) is 25.1. The molecule has 0 unspecified atom stereocenters. The van der Waals surface area contributed by atoms with Crippen LogP contribution in [0.1, 0.15) is 5.56 Å². The molecule has 0 atom stereocenters. The van der Waals surface area contributed by atoms with Crippen LogP contribution in [-0.4, -0.2) is 0 Å². The number of nitriles is 1. The van der Waals surface area contributed by atoms with Gasteiger partial charge in [0.05, 0.1) is 11.6 Å². The predicted molar refractivity (Wildman–Crippen MR) is 246 cm³/mol. The van der Waals surface area contributed by atoms with E-state index < -0.39 is 0 Å². The zero-order valence-corrected chi connectivity index (χ0v) is 31.5. The third-order valence-electron chi connectivity index (χ3n) is 12.4. The highest BCUT2D eigenvalue weighted by molar-refractivity contribution is 6.26. The quantitative estimate of drug-likeness (QED) is 0.162. The molecule has 0 aliphatic rings. The highest BCUT2D eigenvalue weighted by atomic mass is 14.2. The van der Waals surface area contributed by atoms with Gasteiger partial charge in [-0.05, 0) is 151 Å². The van der Waals surface area contributed by atoms with Crippen LogP contribution in [0.15, 0.2) is 200 Å². The van der Waals surface area contributed by atoms with E-state index in [-0.39, 0.29) is 0 Å². The van der Waals surface area contributed by atoms with E-state index in [2.05, 4.69) is 194 Å². The Morgan fingerprint density at radius 2 is 0.569 bits per heavy atom. The van der Waals surface area contributed by atoms with E-state index in [1.165, 1.54) is 86.9 Å². The summed E-state index contributed by atoms with van der Waals surface area (Å²) >= 11 is 0. The molecule has 12 aromatic carbocycles.